The third kappa shape index (κ3) is 2.49. The molecule has 0 atom stereocenters. The van der Waals surface area contributed by atoms with Gasteiger partial charge in [-0.05, 0) is 31.9 Å². The van der Waals surface area contributed by atoms with Gasteiger partial charge in [-0.1, -0.05) is 18.6 Å². The lowest BCUT2D eigenvalue weighted by molar-refractivity contribution is -0.114. The zero-order valence-corrected chi connectivity index (χ0v) is 12.9. The third-order valence-corrected chi connectivity index (χ3v) is 4.47. The van der Waals surface area contributed by atoms with Gasteiger partial charge in [-0.2, -0.15) is 0 Å². The van der Waals surface area contributed by atoms with Crippen molar-refractivity contribution >= 4 is 28.7 Å². The van der Waals surface area contributed by atoms with Crippen LogP contribution in [-0.2, 0) is 17.8 Å². The van der Waals surface area contributed by atoms with E-state index in [9.17, 15) is 9.59 Å². The second-order valence-corrected chi connectivity index (χ2v) is 6.17. The maximum absolute atomic E-state index is 12.2. The number of hydrogen-bond acceptors (Lipinski definition) is 4. The highest BCUT2D eigenvalue weighted by molar-refractivity contribution is 7.09. The Balaban J connectivity index is 1.89. The Hall–Kier alpha value is -2.01. The molecule has 1 aliphatic heterocycles. The summed E-state index contributed by atoms with van der Waals surface area (Å²) in [7, 11) is 0. The Kier molecular flexibility index (Phi) is 3.59. The van der Waals surface area contributed by atoms with Crippen LogP contribution in [0.4, 0.5) is 5.69 Å². The number of hydrogen-bond donors (Lipinski definition) is 0. The molecule has 0 fully saturated rings. The molecule has 0 unspecified atom stereocenters. The number of carbonyl (C=O) groups is 2. The molecule has 2 aromatic rings. The number of aryl methyl sites for hydroxylation is 2. The number of benzene rings is 1. The van der Waals surface area contributed by atoms with E-state index in [1.165, 1.54) is 4.90 Å². The minimum atomic E-state index is -0.458. The molecule has 21 heavy (non-hydrogen) atoms. The van der Waals surface area contributed by atoms with Crippen LogP contribution in [0.5, 0.6) is 0 Å². The highest BCUT2D eigenvalue weighted by atomic mass is 32.1. The topological polar surface area (TPSA) is 50.3 Å². The van der Waals surface area contributed by atoms with Gasteiger partial charge >= 0.3 is 0 Å². The quantitative estimate of drug-likeness (QED) is 0.815. The normalized spacial score (nSPS) is 13.9. The summed E-state index contributed by atoms with van der Waals surface area (Å²) in [5.41, 5.74) is 3.03. The minimum Gasteiger partial charge on any atom is -0.299 e. The molecule has 0 saturated heterocycles. The van der Waals surface area contributed by atoms with Crippen molar-refractivity contribution in [2.45, 2.75) is 33.2 Å². The van der Waals surface area contributed by atoms with E-state index in [0.29, 0.717) is 17.8 Å². The number of nitrogens with zero attached hydrogens (tertiary/aromatic N) is 2. The van der Waals surface area contributed by atoms with E-state index in [4.69, 9.17) is 0 Å². The van der Waals surface area contributed by atoms with Crippen LogP contribution in [0, 0.1) is 6.92 Å². The van der Waals surface area contributed by atoms with Crippen LogP contribution >= 0.6 is 11.3 Å². The van der Waals surface area contributed by atoms with Gasteiger partial charge in [0.2, 0.25) is 0 Å². The Bertz CT molecular complexity index is 721. The van der Waals surface area contributed by atoms with Gasteiger partial charge in [0.1, 0.15) is 0 Å². The molecule has 108 valence electrons. The Morgan fingerprint density at radius 1 is 1.29 bits per heavy atom. The zero-order chi connectivity index (χ0) is 15.0. The first-order valence-corrected chi connectivity index (χ1v) is 7.88. The van der Waals surface area contributed by atoms with E-state index in [1.807, 2.05) is 24.4 Å². The van der Waals surface area contributed by atoms with E-state index in [2.05, 4.69) is 11.9 Å². The van der Waals surface area contributed by atoms with Gasteiger partial charge in [-0.3, -0.25) is 14.5 Å². The standard InChI is InChI=1S/C16H16N2O2S/c1-3-4-14-17-11(9-21-14)8-18-13-6-5-10(2)7-12(13)15(19)16(18)20/h5-7,9H,3-4,8H2,1-2H3. The van der Waals surface area contributed by atoms with E-state index >= 15 is 0 Å². The predicted octanol–water partition coefficient (Wildman–Crippen LogP) is 3.13. The van der Waals surface area contributed by atoms with Crippen LogP contribution in [0.2, 0.25) is 0 Å². The lowest BCUT2D eigenvalue weighted by Crippen LogP contribution is -2.29. The molecular weight excluding hydrogens is 284 g/mol. The number of ketones is 1. The highest BCUT2D eigenvalue weighted by Crippen LogP contribution is 2.31. The van der Waals surface area contributed by atoms with E-state index < -0.39 is 11.7 Å². The molecule has 0 bridgehead atoms. The van der Waals surface area contributed by atoms with Crippen molar-refractivity contribution in [1.82, 2.24) is 4.98 Å². The van der Waals surface area contributed by atoms with Crippen molar-refractivity contribution in [2.24, 2.45) is 0 Å². The molecule has 1 aromatic carbocycles. The van der Waals surface area contributed by atoms with Crippen LogP contribution < -0.4 is 4.90 Å². The molecule has 1 aliphatic rings. The molecule has 2 heterocycles. The van der Waals surface area contributed by atoms with Gasteiger partial charge in [0, 0.05) is 5.38 Å². The first-order valence-electron chi connectivity index (χ1n) is 7.00. The number of aromatic nitrogens is 1. The van der Waals surface area contributed by atoms with Gasteiger partial charge in [0.15, 0.2) is 0 Å². The summed E-state index contributed by atoms with van der Waals surface area (Å²) in [4.78, 5) is 30.3. The number of Topliss-reactive ketones (excluding diaryl/α,β-unsaturated/α-hetero) is 1. The van der Waals surface area contributed by atoms with Crippen molar-refractivity contribution in [3.8, 4) is 0 Å². The molecule has 1 aromatic heterocycles. The Morgan fingerprint density at radius 2 is 2.10 bits per heavy atom. The van der Waals surface area contributed by atoms with Gasteiger partial charge in [0.05, 0.1) is 28.5 Å². The highest BCUT2D eigenvalue weighted by Gasteiger charge is 2.35. The molecule has 3 rings (SSSR count). The molecule has 0 radical (unpaired) electrons. The summed E-state index contributed by atoms with van der Waals surface area (Å²) in [5, 5.41) is 3.05. The molecular formula is C16H16N2O2S. The van der Waals surface area contributed by atoms with Gasteiger partial charge in [0.25, 0.3) is 11.7 Å². The predicted molar refractivity (Wildman–Crippen MR) is 82.8 cm³/mol. The lowest BCUT2D eigenvalue weighted by Gasteiger charge is -2.15. The minimum absolute atomic E-state index is 0.362. The fourth-order valence-corrected chi connectivity index (χ4v) is 3.37. The van der Waals surface area contributed by atoms with Crippen molar-refractivity contribution < 1.29 is 9.59 Å². The average Bonchev–Trinajstić information content (AvgIpc) is 2.99. The van der Waals surface area contributed by atoms with Crippen molar-refractivity contribution in [1.29, 1.82) is 0 Å². The van der Waals surface area contributed by atoms with Crippen molar-refractivity contribution in [2.75, 3.05) is 4.90 Å². The lowest BCUT2D eigenvalue weighted by atomic mass is 10.1. The Morgan fingerprint density at radius 3 is 2.86 bits per heavy atom. The molecule has 4 nitrogen and oxygen atoms in total. The maximum atomic E-state index is 12.2. The van der Waals surface area contributed by atoms with E-state index in [1.54, 1.807) is 17.4 Å². The van der Waals surface area contributed by atoms with Crippen LogP contribution in [0.3, 0.4) is 0 Å². The number of amides is 1. The van der Waals surface area contributed by atoms with Gasteiger partial charge in [-0.15, -0.1) is 11.3 Å². The number of fused-ring (bicyclic) bond motifs is 1. The maximum Gasteiger partial charge on any atom is 0.299 e. The van der Waals surface area contributed by atoms with Crippen LogP contribution in [-0.4, -0.2) is 16.7 Å². The fraction of sp³-hybridized carbons (Fsp3) is 0.312. The molecule has 5 heteroatoms. The summed E-state index contributed by atoms with van der Waals surface area (Å²) in [6.45, 7) is 4.39. The number of carbonyl (C=O) groups excluding carboxylic acids is 2. The van der Waals surface area contributed by atoms with Crippen LogP contribution in [0.25, 0.3) is 0 Å². The molecule has 0 aliphatic carbocycles. The monoisotopic (exact) mass is 300 g/mol. The second kappa shape index (κ2) is 5.41. The number of rotatable bonds is 4. The van der Waals surface area contributed by atoms with Gasteiger partial charge in [-0.25, -0.2) is 4.98 Å². The SMILES string of the molecule is CCCc1nc(CN2C(=O)C(=O)c3cc(C)ccc32)cs1. The van der Waals surface area contributed by atoms with E-state index in [-0.39, 0.29) is 0 Å². The zero-order valence-electron chi connectivity index (χ0n) is 12.0. The Labute approximate surface area is 127 Å². The molecule has 1 amide bonds. The van der Waals surface area contributed by atoms with Crippen LogP contribution in [0.1, 0.15) is 40.0 Å². The first-order chi connectivity index (χ1) is 10.1. The van der Waals surface area contributed by atoms with Crippen LogP contribution in [0.15, 0.2) is 23.6 Å². The van der Waals surface area contributed by atoms with Gasteiger partial charge < -0.3 is 0 Å². The molecule has 0 N–H and O–H groups in total. The number of anilines is 1. The summed E-state index contributed by atoms with van der Waals surface area (Å²) in [5.74, 6) is -0.877. The summed E-state index contributed by atoms with van der Waals surface area (Å²) in [6, 6.07) is 5.53. The average molecular weight is 300 g/mol. The summed E-state index contributed by atoms with van der Waals surface area (Å²) in [6.07, 6.45) is 2.00. The van der Waals surface area contributed by atoms with Crippen molar-refractivity contribution in [3.05, 3.63) is 45.4 Å². The molecule has 0 saturated carbocycles. The smallest absolute Gasteiger partial charge is 0.299 e. The first kappa shape index (κ1) is 13.9. The third-order valence-electron chi connectivity index (χ3n) is 3.51. The summed E-state index contributed by atoms with van der Waals surface area (Å²) < 4.78 is 0. The fourth-order valence-electron chi connectivity index (χ4n) is 2.48. The number of thiazole rings is 1. The second-order valence-electron chi connectivity index (χ2n) is 5.22. The summed E-state index contributed by atoms with van der Waals surface area (Å²) >= 11 is 1.61. The van der Waals surface area contributed by atoms with E-state index in [0.717, 1.165) is 29.1 Å². The molecule has 0 spiro atoms. The largest absolute Gasteiger partial charge is 0.299 e. The van der Waals surface area contributed by atoms with Crippen molar-refractivity contribution in [3.63, 3.8) is 0 Å².